The molecule has 0 bridgehead atoms. The zero-order chi connectivity index (χ0) is 18.6. The molecule has 0 aromatic carbocycles. The van der Waals surface area contributed by atoms with Crippen LogP contribution in [-0.4, -0.2) is 38.5 Å². The van der Waals surface area contributed by atoms with Gasteiger partial charge in [0, 0.05) is 12.1 Å². The van der Waals surface area contributed by atoms with Gasteiger partial charge in [0.2, 0.25) is 0 Å². The molecule has 0 rings (SSSR count). The second-order valence-electron chi connectivity index (χ2n) is 4.76. The predicted octanol–water partition coefficient (Wildman–Crippen LogP) is 2.31. The summed E-state index contributed by atoms with van der Waals surface area (Å²) in [7, 11) is -6.80. The van der Waals surface area contributed by atoms with E-state index in [0.29, 0.717) is 0 Å². The van der Waals surface area contributed by atoms with Crippen molar-refractivity contribution in [3.8, 4) is 0 Å². The molecule has 146 valence electrons. The molecule has 0 fully saturated rings. The van der Waals surface area contributed by atoms with Gasteiger partial charge in [-0.2, -0.15) is 10.4 Å². The van der Waals surface area contributed by atoms with E-state index < -0.39 is 15.5 Å². The van der Waals surface area contributed by atoms with Crippen molar-refractivity contribution < 1.29 is 27.2 Å². The molecule has 0 saturated heterocycles. The second-order valence-corrected chi connectivity index (χ2v) is 8.23. The van der Waals surface area contributed by atoms with Crippen molar-refractivity contribution in [1.29, 1.82) is 0 Å². The highest BCUT2D eigenvalue weighted by atomic mass is 31.2. The van der Waals surface area contributed by atoms with E-state index in [1.165, 1.54) is 0 Å². The molecular weight excluding hydrogens is 358 g/mol. The smallest absolute Gasteiger partial charge is 0.296 e. The molecule has 24 heavy (non-hydrogen) atoms. The monoisotopic (exact) mass is 390 g/mol. The maximum atomic E-state index is 12.3. The van der Waals surface area contributed by atoms with E-state index in [9.17, 15) is 9.13 Å². The minimum Gasteiger partial charge on any atom is -0.296 e. The normalized spacial score (nSPS) is 15.4. The molecule has 0 aromatic heterocycles. The zero-order valence-corrected chi connectivity index (χ0v) is 17.1. The summed E-state index contributed by atoms with van der Waals surface area (Å²) in [6.07, 6.45) is 0. The number of nitrogens with one attached hydrogen (secondary N) is 4. The summed E-state index contributed by atoms with van der Waals surface area (Å²) in [5.74, 6) is 0. The van der Waals surface area contributed by atoms with E-state index in [-0.39, 0.29) is 38.5 Å². The SMILES string of the molecule is CCOP(=O)(NNC(C)C(C)NNP(=O)(OCC)OCC)OCC. The van der Waals surface area contributed by atoms with Crippen LogP contribution < -0.4 is 21.2 Å². The Kier molecular flexibility index (Phi) is 12.6. The Morgan fingerprint density at radius 3 is 1.12 bits per heavy atom. The van der Waals surface area contributed by atoms with Crippen LogP contribution in [0.4, 0.5) is 0 Å². The molecule has 0 aliphatic carbocycles. The van der Waals surface area contributed by atoms with Crippen molar-refractivity contribution in [1.82, 2.24) is 21.2 Å². The summed E-state index contributed by atoms with van der Waals surface area (Å²) in [5.41, 5.74) is 5.71. The predicted molar refractivity (Wildman–Crippen MR) is 93.2 cm³/mol. The summed E-state index contributed by atoms with van der Waals surface area (Å²) >= 11 is 0. The van der Waals surface area contributed by atoms with Crippen molar-refractivity contribution >= 4 is 15.5 Å². The van der Waals surface area contributed by atoms with Gasteiger partial charge in [-0.1, -0.05) is 0 Å². The molecule has 0 amide bonds. The van der Waals surface area contributed by atoms with E-state index >= 15 is 0 Å². The summed E-state index contributed by atoms with van der Waals surface area (Å²) < 4.78 is 45.0. The lowest BCUT2D eigenvalue weighted by atomic mass is 10.2. The summed E-state index contributed by atoms with van der Waals surface area (Å²) in [5, 5.41) is 5.18. The highest BCUT2D eigenvalue weighted by Gasteiger charge is 2.27. The van der Waals surface area contributed by atoms with Crippen LogP contribution in [0.15, 0.2) is 0 Å². The van der Waals surface area contributed by atoms with Gasteiger partial charge >= 0.3 is 15.5 Å². The van der Waals surface area contributed by atoms with Crippen LogP contribution in [-0.2, 0) is 27.2 Å². The molecule has 0 aliphatic heterocycles. The highest BCUT2D eigenvalue weighted by molar-refractivity contribution is 7.51. The molecule has 2 unspecified atom stereocenters. The second kappa shape index (κ2) is 12.5. The van der Waals surface area contributed by atoms with Crippen molar-refractivity contribution in [2.45, 2.75) is 53.6 Å². The van der Waals surface area contributed by atoms with Crippen molar-refractivity contribution in [2.24, 2.45) is 0 Å². The van der Waals surface area contributed by atoms with Crippen molar-refractivity contribution in [3.05, 3.63) is 0 Å². The Morgan fingerprint density at radius 2 is 0.917 bits per heavy atom. The van der Waals surface area contributed by atoms with Crippen molar-refractivity contribution in [3.63, 3.8) is 0 Å². The molecule has 0 heterocycles. The Bertz CT molecular complexity index is 370. The van der Waals surface area contributed by atoms with E-state index in [4.69, 9.17) is 18.1 Å². The molecule has 0 spiro atoms. The third-order valence-electron chi connectivity index (χ3n) is 2.80. The lowest BCUT2D eigenvalue weighted by Crippen LogP contribution is -2.52. The lowest BCUT2D eigenvalue weighted by molar-refractivity contribution is 0.195. The highest BCUT2D eigenvalue weighted by Crippen LogP contribution is 2.43. The van der Waals surface area contributed by atoms with Gasteiger partial charge in [-0.3, -0.25) is 18.1 Å². The van der Waals surface area contributed by atoms with E-state index in [2.05, 4.69) is 21.2 Å². The van der Waals surface area contributed by atoms with E-state index in [1.54, 1.807) is 27.7 Å². The summed E-state index contributed by atoms with van der Waals surface area (Å²) in [6, 6.07) is -0.438. The third kappa shape index (κ3) is 9.58. The van der Waals surface area contributed by atoms with Crippen LogP contribution in [0.3, 0.4) is 0 Å². The average Bonchev–Trinajstić information content (AvgIpc) is 2.51. The molecular formula is C12H32N4O6P2. The standard InChI is InChI=1S/C12H32N4O6P2/c1-7-19-23(17,20-8-2)15-13-11(5)12(6)14-16-24(18,21-9-3)22-10-4/h11-14H,7-10H2,1-6H3,(H,15,17)(H,16,18). The van der Waals surface area contributed by atoms with Gasteiger partial charge in [0.1, 0.15) is 0 Å². The number of hydrogen-bond acceptors (Lipinski definition) is 8. The largest absolute Gasteiger partial charge is 0.418 e. The molecule has 0 radical (unpaired) electrons. The topological polar surface area (TPSA) is 119 Å². The lowest BCUT2D eigenvalue weighted by Gasteiger charge is -2.27. The first-order valence-corrected chi connectivity index (χ1v) is 11.2. The molecule has 2 atom stereocenters. The van der Waals surface area contributed by atoms with Gasteiger partial charge in [0.05, 0.1) is 26.4 Å². The maximum absolute atomic E-state index is 12.3. The maximum Gasteiger partial charge on any atom is 0.418 e. The van der Waals surface area contributed by atoms with Crippen LogP contribution in [0, 0.1) is 0 Å². The van der Waals surface area contributed by atoms with Crippen LogP contribution >= 0.6 is 15.5 Å². The summed E-state index contributed by atoms with van der Waals surface area (Å²) in [6.45, 7) is 11.6. The van der Waals surface area contributed by atoms with Crippen LogP contribution in [0.2, 0.25) is 0 Å². The third-order valence-corrected chi connectivity index (χ3v) is 6.00. The van der Waals surface area contributed by atoms with E-state index in [0.717, 1.165) is 0 Å². The van der Waals surface area contributed by atoms with E-state index in [1.807, 2.05) is 13.8 Å². The van der Waals surface area contributed by atoms with Crippen LogP contribution in [0.1, 0.15) is 41.5 Å². The van der Waals surface area contributed by atoms with Gasteiger partial charge in [-0.25, -0.2) is 20.0 Å². The molecule has 0 aliphatic rings. The number of hydrazine groups is 2. The Labute approximate surface area is 144 Å². The quantitative estimate of drug-likeness (QED) is 0.245. The number of rotatable bonds is 15. The van der Waals surface area contributed by atoms with Gasteiger partial charge in [-0.15, -0.1) is 0 Å². The zero-order valence-electron chi connectivity index (χ0n) is 15.3. The van der Waals surface area contributed by atoms with Gasteiger partial charge in [-0.05, 0) is 41.5 Å². The minimum atomic E-state index is -3.40. The fourth-order valence-electron chi connectivity index (χ4n) is 1.50. The Morgan fingerprint density at radius 1 is 0.667 bits per heavy atom. The average molecular weight is 390 g/mol. The first kappa shape index (κ1) is 24.1. The van der Waals surface area contributed by atoms with Crippen molar-refractivity contribution in [2.75, 3.05) is 26.4 Å². The van der Waals surface area contributed by atoms with Gasteiger partial charge in [0.15, 0.2) is 0 Å². The van der Waals surface area contributed by atoms with Gasteiger partial charge in [0.25, 0.3) is 0 Å². The Hall–Kier alpha value is 0.140. The van der Waals surface area contributed by atoms with Crippen LogP contribution in [0.5, 0.6) is 0 Å². The molecule has 0 aromatic rings. The molecule has 4 N–H and O–H groups in total. The van der Waals surface area contributed by atoms with Gasteiger partial charge < -0.3 is 0 Å². The molecule has 10 nitrogen and oxygen atoms in total. The molecule has 12 heteroatoms. The fourth-order valence-corrected chi connectivity index (χ4v) is 3.99. The Balaban J connectivity index is 4.47. The fraction of sp³-hybridized carbons (Fsp3) is 1.00. The first-order valence-electron chi connectivity index (χ1n) is 8.09. The molecule has 0 saturated carbocycles. The number of hydrogen-bond donors (Lipinski definition) is 4. The first-order chi connectivity index (χ1) is 11.3. The minimum absolute atomic E-state index is 0.219. The van der Waals surface area contributed by atoms with Crippen LogP contribution in [0.25, 0.3) is 0 Å². The summed E-state index contributed by atoms with van der Waals surface area (Å²) in [4.78, 5) is 0.